The first kappa shape index (κ1) is 18.4. The third-order valence-electron chi connectivity index (χ3n) is 4.16. The van der Waals surface area contributed by atoms with Gasteiger partial charge in [0.15, 0.2) is 0 Å². The van der Waals surface area contributed by atoms with Crippen molar-refractivity contribution in [1.29, 1.82) is 0 Å². The Labute approximate surface area is 153 Å². The first-order valence-corrected chi connectivity index (χ1v) is 10.00. The van der Waals surface area contributed by atoms with Gasteiger partial charge >= 0.3 is 0 Å². The van der Waals surface area contributed by atoms with E-state index in [1.54, 1.807) is 19.2 Å². The number of carbonyl (C=O) groups is 1. The summed E-state index contributed by atoms with van der Waals surface area (Å²) >= 11 is 0. The highest BCUT2D eigenvalue weighted by atomic mass is 32.2. The lowest BCUT2D eigenvalue weighted by Crippen LogP contribution is -2.28. The molecule has 7 heteroatoms. The highest BCUT2D eigenvalue weighted by Crippen LogP contribution is 2.20. The molecule has 26 heavy (non-hydrogen) atoms. The second-order valence-corrected chi connectivity index (χ2v) is 8.04. The van der Waals surface area contributed by atoms with Crippen LogP contribution in [0.4, 0.5) is 0 Å². The van der Waals surface area contributed by atoms with E-state index in [1.807, 2.05) is 24.3 Å². The number of ether oxygens (including phenoxy) is 1. The van der Waals surface area contributed by atoms with Crippen LogP contribution >= 0.6 is 0 Å². The van der Waals surface area contributed by atoms with E-state index in [2.05, 4.69) is 10.0 Å². The number of sulfonamides is 1. The third kappa shape index (κ3) is 4.83. The molecule has 2 aromatic rings. The van der Waals surface area contributed by atoms with Crippen LogP contribution in [0.5, 0.6) is 5.75 Å². The van der Waals surface area contributed by atoms with Gasteiger partial charge in [-0.15, -0.1) is 0 Å². The summed E-state index contributed by atoms with van der Waals surface area (Å²) in [4.78, 5) is 12.2. The molecule has 0 aliphatic heterocycles. The number of rotatable bonds is 8. The van der Waals surface area contributed by atoms with E-state index >= 15 is 0 Å². The van der Waals surface area contributed by atoms with E-state index in [1.165, 1.54) is 12.1 Å². The number of methoxy groups -OCH3 is 1. The summed E-state index contributed by atoms with van der Waals surface area (Å²) in [5.74, 6) is 0.501. The Hall–Kier alpha value is -2.38. The van der Waals surface area contributed by atoms with E-state index in [9.17, 15) is 13.2 Å². The van der Waals surface area contributed by atoms with Gasteiger partial charge in [-0.2, -0.15) is 0 Å². The molecular weight excluding hydrogens is 352 g/mol. The van der Waals surface area contributed by atoms with Crippen LogP contribution in [-0.4, -0.2) is 34.0 Å². The monoisotopic (exact) mass is 374 g/mol. The van der Waals surface area contributed by atoms with Gasteiger partial charge in [-0.05, 0) is 55.2 Å². The van der Waals surface area contributed by atoms with Gasteiger partial charge in [0.1, 0.15) is 5.75 Å². The summed E-state index contributed by atoms with van der Waals surface area (Å²) in [7, 11) is -2.08. The number of carbonyl (C=O) groups excluding carboxylic acids is 1. The average molecular weight is 374 g/mol. The van der Waals surface area contributed by atoms with Crippen LogP contribution in [0.15, 0.2) is 53.4 Å². The quantitative estimate of drug-likeness (QED) is 0.741. The lowest BCUT2D eigenvalue weighted by Gasteiger charge is -2.09. The SMILES string of the molecule is COc1cccc(CCNS(=O)(=O)c2cccc(C(=O)NC3CC3)c2)c1. The van der Waals surface area contributed by atoms with E-state index in [0.29, 0.717) is 12.0 Å². The predicted octanol–water partition coefficient (Wildman–Crippen LogP) is 2.11. The van der Waals surface area contributed by atoms with Crippen LogP contribution in [0, 0.1) is 0 Å². The minimum atomic E-state index is -3.68. The molecule has 1 saturated carbocycles. The van der Waals surface area contributed by atoms with E-state index in [4.69, 9.17) is 4.74 Å². The maximum atomic E-state index is 12.5. The van der Waals surface area contributed by atoms with Crippen molar-refractivity contribution in [2.45, 2.75) is 30.2 Å². The summed E-state index contributed by atoms with van der Waals surface area (Å²) in [5.41, 5.74) is 1.33. The topological polar surface area (TPSA) is 84.5 Å². The summed E-state index contributed by atoms with van der Waals surface area (Å²) in [5, 5.41) is 2.86. The molecule has 6 nitrogen and oxygen atoms in total. The standard InChI is InChI=1S/C19H22N2O4S/c1-25-17-6-2-4-14(12-17)10-11-20-26(23,24)18-7-3-5-15(13-18)19(22)21-16-8-9-16/h2-7,12-13,16,20H,8-11H2,1H3,(H,21,22). The number of benzene rings is 2. The van der Waals surface area contributed by atoms with Crippen molar-refractivity contribution in [2.75, 3.05) is 13.7 Å². The molecule has 1 amide bonds. The third-order valence-corrected chi connectivity index (χ3v) is 5.62. The molecule has 0 spiro atoms. The number of amides is 1. The van der Waals surface area contributed by atoms with Crippen LogP contribution < -0.4 is 14.8 Å². The maximum absolute atomic E-state index is 12.5. The van der Waals surface area contributed by atoms with Crippen LogP contribution in [0.1, 0.15) is 28.8 Å². The zero-order valence-corrected chi connectivity index (χ0v) is 15.4. The molecule has 2 aromatic carbocycles. The highest BCUT2D eigenvalue weighted by molar-refractivity contribution is 7.89. The Morgan fingerprint density at radius 2 is 1.92 bits per heavy atom. The van der Waals surface area contributed by atoms with Crippen LogP contribution in [0.2, 0.25) is 0 Å². The minimum Gasteiger partial charge on any atom is -0.497 e. The average Bonchev–Trinajstić information content (AvgIpc) is 3.46. The van der Waals surface area contributed by atoms with Gasteiger partial charge < -0.3 is 10.1 Å². The molecule has 0 aromatic heterocycles. The molecule has 138 valence electrons. The van der Waals surface area contributed by atoms with Crippen LogP contribution in [0.25, 0.3) is 0 Å². The second-order valence-electron chi connectivity index (χ2n) is 6.27. The largest absolute Gasteiger partial charge is 0.497 e. The molecule has 0 atom stereocenters. The zero-order chi connectivity index (χ0) is 18.6. The Morgan fingerprint density at radius 1 is 1.15 bits per heavy atom. The molecule has 2 N–H and O–H groups in total. The molecule has 0 radical (unpaired) electrons. The smallest absolute Gasteiger partial charge is 0.251 e. The van der Waals surface area contributed by atoms with Gasteiger partial charge in [-0.1, -0.05) is 18.2 Å². The Kier molecular flexibility index (Phi) is 5.58. The summed E-state index contributed by atoms with van der Waals surface area (Å²) in [6, 6.07) is 13.8. The van der Waals surface area contributed by atoms with Crippen LogP contribution in [-0.2, 0) is 16.4 Å². The molecular formula is C19H22N2O4S. The van der Waals surface area contributed by atoms with Crippen molar-refractivity contribution in [3.8, 4) is 5.75 Å². The van der Waals surface area contributed by atoms with Crippen molar-refractivity contribution in [2.24, 2.45) is 0 Å². The Morgan fingerprint density at radius 3 is 2.65 bits per heavy atom. The van der Waals surface area contributed by atoms with Gasteiger partial charge in [-0.3, -0.25) is 4.79 Å². The zero-order valence-electron chi connectivity index (χ0n) is 14.6. The van der Waals surface area contributed by atoms with E-state index in [-0.39, 0.29) is 23.4 Å². The van der Waals surface area contributed by atoms with Crippen molar-refractivity contribution in [3.63, 3.8) is 0 Å². The normalized spacial score (nSPS) is 14.0. The fourth-order valence-electron chi connectivity index (χ4n) is 2.54. The van der Waals surface area contributed by atoms with Crippen molar-refractivity contribution >= 4 is 15.9 Å². The van der Waals surface area contributed by atoms with Gasteiger partial charge in [0, 0.05) is 18.2 Å². The summed E-state index contributed by atoms with van der Waals surface area (Å²) in [6.07, 6.45) is 2.50. The fraction of sp³-hybridized carbons (Fsp3) is 0.316. The maximum Gasteiger partial charge on any atom is 0.251 e. The summed E-state index contributed by atoms with van der Waals surface area (Å²) in [6.45, 7) is 0.258. The van der Waals surface area contributed by atoms with E-state index < -0.39 is 10.0 Å². The number of nitrogens with one attached hydrogen (secondary N) is 2. The molecule has 0 heterocycles. The van der Waals surface area contributed by atoms with Gasteiger partial charge in [0.05, 0.1) is 12.0 Å². The summed E-state index contributed by atoms with van der Waals surface area (Å²) < 4.78 is 32.7. The highest BCUT2D eigenvalue weighted by Gasteiger charge is 2.24. The Bertz CT molecular complexity index is 892. The van der Waals surface area contributed by atoms with E-state index in [0.717, 1.165) is 24.2 Å². The fourth-order valence-corrected chi connectivity index (χ4v) is 3.62. The second kappa shape index (κ2) is 7.88. The van der Waals surface area contributed by atoms with Gasteiger partial charge in [0.2, 0.25) is 10.0 Å². The lowest BCUT2D eigenvalue weighted by molar-refractivity contribution is 0.0951. The lowest BCUT2D eigenvalue weighted by atomic mass is 10.1. The van der Waals surface area contributed by atoms with Gasteiger partial charge in [-0.25, -0.2) is 13.1 Å². The molecule has 3 rings (SSSR count). The van der Waals surface area contributed by atoms with Crippen molar-refractivity contribution in [3.05, 3.63) is 59.7 Å². The number of hydrogen-bond acceptors (Lipinski definition) is 4. The van der Waals surface area contributed by atoms with Gasteiger partial charge in [0.25, 0.3) is 5.91 Å². The minimum absolute atomic E-state index is 0.0894. The molecule has 1 aliphatic rings. The first-order valence-electron chi connectivity index (χ1n) is 8.51. The molecule has 1 fully saturated rings. The first-order chi connectivity index (χ1) is 12.5. The molecule has 0 unspecified atom stereocenters. The van der Waals surface area contributed by atoms with Crippen molar-refractivity contribution in [1.82, 2.24) is 10.0 Å². The Balaban J connectivity index is 1.62. The van der Waals surface area contributed by atoms with Crippen molar-refractivity contribution < 1.29 is 17.9 Å². The molecule has 1 aliphatic carbocycles. The molecule has 0 saturated heterocycles. The molecule has 0 bridgehead atoms. The predicted molar refractivity (Wildman–Crippen MR) is 98.8 cm³/mol. The van der Waals surface area contributed by atoms with Crippen LogP contribution in [0.3, 0.4) is 0 Å². The number of hydrogen-bond donors (Lipinski definition) is 2.